The van der Waals surface area contributed by atoms with E-state index in [-0.39, 0.29) is 0 Å². The minimum atomic E-state index is -0.800. The van der Waals surface area contributed by atoms with Gasteiger partial charge in [-0.3, -0.25) is 0 Å². The lowest BCUT2D eigenvalue weighted by molar-refractivity contribution is 0.432. The summed E-state index contributed by atoms with van der Waals surface area (Å²) in [5.74, 6) is -1.10. The molecule has 0 amide bonds. The Morgan fingerprint density at radius 2 is 1.94 bits per heavy atom. The summed E-state index contributed by atoms with van der Waals surface area (Å²) >= 11 is 3.41. The molecule has 0 heterocycles. The van der Waals surface area contributed by atoms with Crippen molar-refractivity contribution in [3.8, 4) is 0 Å². The van der Waals surface area contributed by atoms with Crippen molar-refractivity contribution in [2.45, 2.75) is 26.4 Å². The van der Waals surface area contributed by atoms with E-state index in [1.807, 2.05) is 0 Å². The van der Waals surface area contributed by atoms with E-state index in [9.17, 15) is 8.78 Å². The zero-order valence-electron chi connectivity index (χ0n) is 9.43. The maximum atomic E-state index is 12.9. The first-order valence-electron chi connectivity index (χ1n) is 5.28. The van der Waals surface area contributed by atoms with Crippen LogP contribution in [-0.4, -0.2) is 11.4 Å². The Morgan fingerprint density at radius 1 is 1.25 bits per heavy atom. The Hall–Kier alpha value is -0.480. The summed E-state index contributed by atoms with van der Waals surface area (Å²) in [7, 11) is 0. The van der Waals surface area contributed by atoms with Crippen molar-refractivity contribution in [2.75, 3.05) is 5.33 Å². The van der Waals surface area contributed by atoms with Crippen LogP contribution in [0.15, 0.2) is 18.2 Å². The Labute approximate surface area is 103 Å². The summed E-state index contributed by atoms with van der Waals surface area (Å²) < 4.78 is 25.6. The van der Waals surface area contributed by atoms with Gasteiger partial charge in [0.2, 0.25) is 0 Å². The molecule has 16 heavy (non-hydrogen) atoms. The van der Waals surface area contributed by atoms with E-state index in [2.05, 4.69) is 35.1 Å². The number of benzene rings is 1. The van der Waals surface area contributed by atoms with Gasteiger partial charge in [-0.2, -0.15) is 0 Å². The molecule has 0 saturated carbocycles. The van der Waals surface area contributed by atoms with Crippen LogP contribution in [0.2, 0.25) is 0 Å². The van der Waals surface area contributed by atoms with Gasteiger partial charge in [0.05, 0.1) is 0 Å². The Balaban J connectivity index is 2.51. The minimum absolute atomic E-state index is 0.326. The molecule has 1 aromatic carbocycles. The fourth-order valence-corrected chi connectivity index (χ4v) is 1.82. The number of alkyl halides is 1. The van der Waals surface area contributed by atoms with Crippen molar-refractivity contribution in [3.63, 3.8) is 0 Å². The SMILES string of the molecule is CC(CBr)C(C)NCc1ccc(F)c(F)c1. The molecule has 90 valence electrons. The molecule has 0 aromatic heterocycles. The zero-order valence-corrected chi connectivity index (χ0v) is 11.0. The predicted octanol–water partition coefficient (Wildman–Crippen LogP) is 3.47. The monoisotopic (exact) mass is 291 g/mol. The first-order chi connectivity index (χ1) is 7.54. The number of hydrogen-bond donors (Lipinski definition) is 1. The van der Waals surface area contributed by atoms with E-state index < -0.39 is 11.6 Å². The van der Waals surface area contributed by atoms with Crippen molar-refractivity contribution in [1.29, 1.82) is 0 Å². The highest BCUT2D eigenvalue weighted by Crippen LogP contribution is 2.10. The lowest BCUT2D eigenvalue weighted by Gasteiger charge is -2.19. The molecule has 2 unspecified atom stereocenters. The van der Waals surface area contributed by atoms with Crippen molar-refractivity contribution in [3.05, 3.63) is 35.4 Å². The van der Waals surface area contributed by atoms with Crippen LogP contribution in [0.1, 0.15) is 19.4 Å². The van der Waals surface area contributed by atoms with Gasteiger partial charge in [0.25, 0.3) is 0 Å². The molecular formula is C12H16BrF2N. The molecule has 0 aliphatic rings. The van der Waals surface area contributed by atoms with Gasteiger partial charge in [-0.05, 0) is 30.5 Å². The first kappa shape index (κ1) is 13.6. The molecule has 1 aromatic rings. The van der Waals surface area contributed by atoms with Gasteiger partial charge in [0.15, 0.2) is 11.6 Å². The third kappa shape index (κ3) is 3.83. The van der Waals surface area contributed by atoms with E-state index in [4.69, 9.17) is 0 Å². The number of halogens is 3. The van der Waals surface area contributed by atoms with Crippen LogP contribution in [0, 0.1) is 17.6 Å². The normalized spacial score (nSPS) is 14.8. The molecule has 0 aliphatic carbocycles. The highest BCUT2D eigenvalue weighted by molar-refractivity contribution is 9.09. The molecule has 0 radical (unpaired) electrons. The molecule has 0 bridgehead atoms. The van der Waals surface area contributed by atoms with Crippen LogP contribution >= 0.6 is 15.9 Å². The molecule has 1 N–H and O–H groups in total. The van der Waals surface area contributed by atoms with Gasteiger partial charge in [-0.25, -0.2) is 8.78 Å². The third-order valence-corrected chi connectivity index (χ3v) is 3.73. The quantitative estimate of drug-likeness (QED) is 0.819. The fraction of sp³-hybridized carbons (Fsp3) is 0.500. The average Bonchev–Trinajstić information content (AvgIpc) is 2.29. The highest BCUT2D eigenvalue weighted by atomic mass is 79.9. The summed E-state index contributed by atoms with van der Waals surface area (Å²) in [6, 6.07) is 4.31. The molecule has 2 atom stereocenters. The first-order valence-corrected chi connectivity index (χ1v) is 6.40. The lowest BCUT2D eigenvalue weighted by Crippen LogP contribution is -2.32. The van der Waals surface area contributed by atoms with Gasteiger partial charge in [-0.15, -0.1) is 0 Å². The minimum Gasteiger partial charge on any atom is -0.310 e. The summed E-state index contributed by atoms with van der Waals surface area (Å²) in [5, 5.41) is 4.19. The van der Waals surface area contributed by atoms with Crippen molar-refractivity contribution in [2.24, 2.45) is 5.92 Å². The fourth-order valence-electron chi connectivity index (χ4n) is 1.26. The van der Waals surface area contributed by atoms with E-state index in [1.165, 1.54) is 6.07 Å². The van der Waals surface area contributed by atoms with Crippen LogP contribution in [0.25, 0.3) is 0 Å². The number of hydrogen-bond acceptors (Lipinski definition) is 1. The van der Waals surface area contributed by atoms with Gasteiger partial charge >= 0.3 is 0 Å². The maximum absolute atomic E-state index is 12.9. The Morgan fingerprint density at radius 3 is 2.50 bits per heavy atom. The summed E-state index contributed by atoms with van der Waals surface area (Å²) in [6.07, 6.45) is 0. The Bertz CT molecular complexity index is 344. The number of rotatable bonds is 5. The molecular weight excluding hydrogens is 276 g/mol. The molecule has 1 nitrogen and oxygen atoms in total. The van der Waals surface area contributed by atoms with Crippen LogP contribution in [0.4, 0.5) is 8.78 Å². The zero-order chi connectivity index (χ0) is 12.1. The highest BCUT2D eigenvalue weighted by Gasteiger charge is 2.10. The van der Waals surface area contributed by atoms with E-state index in [1.54, 1.807) is 6.07 Å². The second-order valence-electron chi connectivity index (χ2n) is 4.05. The molecule has 0 spiro atoms. The van der Waals surface area contributed by atoms with Crippen molar-refractivity contribution in [1.82, 2.24) is 5.32 Å². The van der Waals surface area contributed by atoms with E-state index in [0.717, 1.165) is 17.0 Å². The molecule has 0 fully saturated rings. The van der Waals surface area contributed by atoms with Crippen molar-refractivity contribution < 1.29 is 8.78 Å². The topological polar surface area (TPSA) is 12.0 Å². The second-order valence-corrected chi connectivity index (χ2v) is 4.70. The van der Waals surface area contributed by atoms with Crippen LogP contribution in [0.3, 0.4) is 0 Å². The maximum Gasteiger partial charge on any atom is 0.159 e. The van der Waals surface area contributed by atoms with Gasteiger partial charge in [0.1, 0.15) is 0 Å². The molecule has 0 saturated heterocycles. The van der Waals surface area contributed by atoms with Gasteiger partial charge < -0.3 is 5.32 Å². The lowest BCUT2D eigenvalue weighted by atomic mass is 10.1. The van der Waals surface area contributed by atoms with Gasteiger partial charge in [0, 0.05) is 17.9 Å². The van der Waals surface area contributed by atoms with E-state index >= 15 is 0 Å². The predicted molar refractivity (Wildman–Crippen MR) is 65.6 cm³/mol. The molecule has 0 aliphatic heterocycles. The third-order valence-electron chi connectivity index (χ3n) is 2.71. The second kappa shape index (κ2) is 6.30. The smallest absolute Gasteiger partial charge is 0.159 e. The van der Waals surface area contributed by atoms with Crippen LogP contribution in [0.5, 0.6) is 0 Å². The summed E-state index contributed by atoms with van der Waals surface area (Å²) in [5.41, 5.74) is 0.757. The molecule has 4 heteroatoms. The van der Waals surface area contributed by atoms with Crippen LogP contribution < -0.4 is 5.32 Å². The standard InChI is InChI=1S/C12H16BrF2N/c1-8(6-13)9(2)16-7-10-3-4-11(14)12(15)5-10/h3-5,8-9,16H,6-7H2,1-2H3. The van der Waals surface area contributed by atoms with Crippen molar-refractivity contribution >= 4 is 15.9 Å². The van der Waals surface area contributed by atoms with Crippen LogP contribution in [-0.2, 0) is 6.54 Å². The number of nitrogens with one attached hydrogen (secondary N) is 1. The summed E-state index contributed by atoms with van der Waals surface area (Å²) in [6.45, 7) is 4.75. The Kier molecular flexibility index (Phi) is 5.35. The van der Waals surface area contributed by atoms with Gasteiger partial charge in [-0.1, -0.05) is 28.9 Å². The van der Waals surface area contributed by atoms with E-state index in [0.29, 0.717) is 18.5 Å². The largest absolute Gasteiger partial charge is 0.310 e. The summed E-state index contributed by atoms with van der Waals surface area (Å²) in [4.78, 5) is 0. The average molecular weight is 292 g/mol. The molecule has 1 rings (SSSR count).